The highest BCUT2D eigenvalue weighted by molar-refractivity contribution is 5.58. The molecule has 1 aliphatic carbocycles. The summed E-state index contributed by atoms with van der Waals surface area (Å²) in [5.74, 6) is 0. The molecule has 23 heavy (non-hydrogen) atoms. The maximum absolute atomic E-state index is 10.5. The van der Waals surface area contributed by atoms with Gasteiger partial charge in [0, 0.05) is 7.11 Å². The first-order valence-electron chi connectivity index (χ1n) is 7.68. The van der Waals surface area contributed by atoms with Crippen molar-refractivity contribution in [3.8, 4) is 0 Å². The smallest absolute Gasteiger partial charge is 0.186 e. The van der Waals surface area contributed by atoms with Gasteiger partial charge in [-0.3, -0.25) is 0 Å². The third-order valence-electron chi connectivity index (χ3n) is 4.42. The Hall–Kier alpha value is -1.28. The Morgan fingerprint density at radius 1 is 1.09 bits per heavy atom. The lowest BCUT2D eigenvalue weighted by Gasteiger charge is -2.42. The maximum atomic E-state index is 10.5. The Labute approximate surface area is 134 Å². The first-order valence-corrected chi connectivity index (χ1v) is 7.68. The van der Waals surface area contributed by atoms with Crippen LogP contribution in [-0.2, 0) is 14.2 Å². The van der Waals surface area contributed by atoms with E-state index in [9.17, 15) is 15.3 Å². The van der Waals surface area contributed by atoms with Crippen molar-refractivity contribution >= 4 is 6.08 Å². The van der Waals surface area contributed by atoms with Crippen molar-refractivity contribution in [3.05, 3.63) is 41.5 Å². The second-order valence-corrected chi connectivity index (χ2v) is 5.92. The van der Waals surface area contributed by atoms with E-state index in [1.54, 1.807) is 13.0 Å². The van der Waals surface area contributed by atoms with Crippen molar-refractivity contribution in [2.45, 2.75) is 49.8 Å². The van der Waals surface area contributed by atoms with Crippen LogP contribution in [0, 0.1) is 0 Å². The Morgan fingerprint density at radius 2 is 1.83 bits per heavy atom. The number of aliphatic hydroxyl groups is 3. The van der Waals surface area contributed by atoms with E-state index in [1.807, 2.05) is 30.3 Å². The Morgan fingerprint density at radius 3 is 2.57 bits per heavy atom. The zero-order chi connectivity index (χ0) is 16.6. The molecule has 1 fully saturated rings. The molecule has 2 aliphatic rings. The second kappa shape index (κ2) is 6.68. The number of rotatable bonds is 3. The number of methoxy groups -OCH3 is 1. The summed E-state index contributed by atoms with van der Waals surface area (Å²) < 4.78 is 16.3. The predicted octanol–water partition coefficient (Wildman–Crippen LogP) is 0.614. The predicted molar refractivity (Wildman–Crippen MR) is 82.5 cm³/mol. The van der Waals surface area contributed by atoms with Crippen molar-refractivity contribution < 1.29 is 29.5 Å². The SMILES string of the molecule is CO[C@@H]1O[C@@H](C)[C@H](O)[C@@H](O[C@@H]2C=Cc3ccccc3[C@H]2O)[C@H]1O. The van der Waals surface area contributed by atoms with E-state index in [1.165, 1.54) is 7.11 Å². The number of fused-ring (bicyclic) bond motifs is 1. The molecular formula is C17H22O6. The highest BCUT2D eigenvalue weighted by Crippen LogP contribution is 2.33. The largest absolute Gasteiger partial charge is 0.388 e. The van der Waals surface area contributed by atoms with Crippen LogP contribution in [0.15, 0.2) is 30.3 Å². The van der Waals surface area contributed by atoms with Gasteiger partial charge in [0.15, 0.2) is 6.29 Å². The van der Waals surface area contributed by atoms with E-state index in [2.05, 4.69) is 0 Å². The second-order valence-electron chi connectivity index (χ2n) is 5.92. The Bertz CT molecular complexity index is 574. The topological polar surface area (TPSA) is 88.4 Å². The molecule has 0 aromatic heterocycles. The van der Waals surface area contributed by atoms with Gasteiger partial charge in [-0.2, -0.15) is 0 Å². The fraction of sp³-hybridized carbons (Fsp3) is 0.529. The molecule has 0 saturated carbocycles. The van der Waals surface area contributed by atoms with Crippen LogP contribution < -0.4 is 0 Å². The van der Waals surface area contributed by atoms with Crippen LogP contribution in [0.3, 0.4) is 0 Å². The molecule has 0 unspecified atom stereocenters. The third-order valence-corrected chi connectivity index (χ3v) is 4.42. The zero-order valence-corrected chi connectivity index (χ0v) is 13.1. The highest BCUT2D eigenvalue weighted by Gasteiger charge is 2.45. The number of aliphatic hydroxyl groups excluding tert-OH is 3. The summed E-state index contributed by atoms with van der Waals surface area (Å²) in [6.07, 6.45) is -2.45. The van der Waals surface area contributed by atoms with E-state index in [4.69, 9.17) is 14.2 Å². The van der Waals surface area contributed by atoms with Crippen molar-refractivity contribution in [1.29, 1.82) is 0 Å². The van der Waals surface area contributed by atoms with Gasteiger partial charge < -0.3 is 29.5 Å². The minimum atomic E-state index is -1.15. The van der Waals surface area contributed by atoms with E-state index in [0.717, 1.165) is 11.1 Å². The van der Waals surface area contributed by atoms with Crippen LogP contribution in [0.2, 0.25) is 0 Å². The van der Waals surface area contributed by atoms with Gasteiger partial charge in [0.05, 0.1) is 6.10 Å². The first-order chi connectivity index (χ1) is 11.0. The quantitative estimate of drug-likeness (QED) is 0.756. The minimum absolute atomic E-state index is 0.551. The molecule has 7 atom stereocenters. The van der Waals surface area contributed by atoms with Crippen molar-refractivity contribution in [2.24, 2.45) is 0 Å². The van der Waals surface area contributed by atoms with Crippen molar-refractivity contribution in [1.82, 2.24) is 0 Å². The van der Waals surface area contributed by atoms with Gasteiger partial charge in [0.1, 0.15) is 30.5 Å². The highest BCUT2D eigenvalue weighted by atomic mass is 16.7. The summed E-state index contributed by atoms with van der Waals surface area (Å²) in [4.78, 5) is 0. The van der Waals surface area contributed by atoms with Crippen LogP contribution in [0.4, 0.5) is 0 Å². The number of hydrogen-bond acceptors (Lipinski definition) is 6. The average Bonchev–Trinajstić information content (AvgIpc) is 2.57. The molecule has 3 N–H and O–H groups in total. The molecule has 1 saturated heterocycles. The van der Waals surface area contributed by atoms with Crippen molar-refractivity contribution in [3.63, 3.8) is 0 Å². The Kier molecular flexibility index (Phi) is 4.82. The molecule has 1 aliphatic heterocycles. The van der Waals surface area contributed by atoms with E-state index >= 15 is 0 Å². The van der Waals surface area contributed by atoms with E-state index in [0.29, 0.717) is 0 Å². The zero-order valence-electron chi connectivity index (χ0n) is 13.1. The van der Waals surface area contributed by atoms with Crippen molar-refractivity contribution in [2.75, 3.05) is 7.11 Å². The molecule has 6 heteroatoms. The van der Waals surface area contributed by atoms with Gasteiger partial charge in [-0.05, 0) is 18.1 Å². The van der Waals surface area contributed by atoms with E-state index < -0.39 is 42.9 Å². The van der Waals surface area contributed by atoms with Gasteiger partial charge in [-0.25, -0.2) is 0 Å². The normalized spacial score (nSPS) is 40.0. The third kappa shape index (κ3) is 3.06. The molecule has 1 heterocycles. The molecule has 1 aromatic rings. The first kappa shape index (κ1) is 16.6. The lowest BCUT2D eigenvalue weighted by atomic mass is 9.92. The molecule has 1 aromatic carbocycles. The van der Waals surface area contributed by atoms with Crippen LogP contribution >= 0.6 is 0 Å². The average molecular weight is 322 g/mol. The molecule has 0 bridgehead atoms. The van der Waals surface area contributed by atoms with Gasteiger partial charge in [0.2, 0.25) is 0 Å². The van der Waals surface area contributed by atoms with Gasteiger partial charge >= 0.3 is 0 Å². The summed E-state index contributed by atoms with van der Waals surface area (Å²) in [6.45, 7) is 1.68. The minimum Gasteiger partial charge on any atom is -0.388 e. The van der Waals surface area contributed by atoms with Crippen LogP contribution in [0.5, 0.6) is 0 Å². The van der Waals surface area contributed by atoms with Gasteiger partial charge in [-0.15, -0.1) is 0 Å². The Balaban J connectivity index is 1.78. The molecule has 0 spiro atoms. The molecule has 6 nitrogen and oxygen atoms in total. The van der Waals surface area contributed by atoms with Crippen LogP contribution in [0.25, 0.3) is 6.08 Å². The molecule has 0 amide bonds. The number of benzene rings is 1. The van der Waals surface area contributed by atoms with Crippen LogP contribution in [0.1, 0.15) is 24.2 Å². The monoisotopic (exact) mass is 322 g/mol. The molecule has 0 radical (unpaired) electrons. The van der Waals surface area contributed by atoms with E-state index in [-0.39, 0.29) is 0 Å². The summed E-state index contributed by atoms with van der Waals surface area (Å²) in [6, 6.07) is 7.48. The molecule has 3 rings (SSSR count). The lowest BCUT2D eigenvalue weighted by molar-refractivity contribution is -0.300. The molecule has 126 valence electrons. The fourth-order valence-corrected chi connectivity index (χ4v) is 3.07. The maximum Gasteiger partial charge on any atom is 0.186 e. The molecular weight excluding hydrogens is 300 g/mol. The summed E-state index contributed by atoms with van der Waals surface area (Å²) in [5, 5.41) is 31.1. The summed E-state index contributed by atoms with van der Waals surface area (Å²) >= 11 is 0. The number of hydrogen-bond donors (Lipinski definition) is 3. The summed E-state index contributed by atoms with van der Waals surface area (Å²) in [5.41, 5.74) is 1.68. The van der Waals surface area contributed by atoms with Crippen LogP contribution in [-0.4, -0.2) is 59.2 Å². The van der Waals surface area contributed by atoms with Gasteiger partial charge in [0.25, 0.3) is 0 Å². The lowest BCUT2D eigenvalue weighted by Crippen LogP contribution is -2.59. The van der Waals surface area contributed by atoms with Gasteiger partial charge in [-0.1, -0.05) is 36.4 Å². The number of ether oxygens (including phenoxy) is 3. The standard InChI is InChI=1S/C17H22O6/c1-9-13(18)16(15(20)17(21-2)22-9)23-12-8-7-10-5-3-4-6-11(10)14(12)19/h3-9,12-20H,1-2H3/t9-,12+,13-,14+,15+,16+,17+/m0/s1. The fourth-order valence-electron chi connectivity index (χ4n) is 3.07. The summed E-state index contributed by atoms with van der Waals surface area (Å²) in [7, 11) is 1.42.